The van der Waals surface area contributed by atoms with Crippen LogP contribution >= 0.6 is 0 Å². The lowest BCUT2D eigenvalue weighted by molar-refractivity contribution is 0.260. The average Bonchev–Trinajstić information content (AvgIpc) is 2.73. The molecule has 0 saturated carbocycles. The Morgan fingerprint density at radius 3 is 2.50 bits per heavy atom. The van der Waals surface area contributed by atoms with Crippen LogP contribution in [-0.2, 0) is 0 Å². The molecular weight excluding hydrogens is 246 g/mol. The molecule has 0 aliphatic carbocycles. The van der Waals surface area contributed by atoms with Crippen molar-refractivity contribution in [2.24, 2.45) is 11.7 Å². The summed E-state index contributed by atoms with van der Waals surface area (Å²) in [6, 6.07) is 6.75. The van der Waals surface area contributed by atoms with Crippen LogP contribution in [-0.4, -0.2) is 50.1 Å². The van der Waals surface area contributed by atoms with Crippen LogP contribution in [0.1, 0.15) is 29.2 Å². The molecule has 2 atom stereocenters. The van der Waals surface area contributed by atoms with Gasteiger partial charge in [0.2, 0.25) is 0 Å². The molecule has 3 nitrogen and oxygen atoms in total. The molecule has 3 heteroatoms. The van der Waals surface area contributed by atoms with Crippen LogP contribution in [0.5, 0.6) is 0 Å². The highest BCUT2D eigenvalue weighted by Crippen LogP contribution is 2.18. The highest BCUT2D eigenvalue weighted by atomic mass is 15.2. The fourth-order valence-corrected chi connectivity index (χ4v) is 3.36. The van der Waals surface area contributed by atoms with Gasteiger partial charge in [-0.1, -0.05) is 29.3 Å². The van der Waals surface area contributed by atoms with Crippen LogP contribution in [0.4, 0.5) is 0 Å². The summed E-state index contributed by atoms with van der Waals surface area (Å²) in [5, 5.41) is 0. The first-order valence-electron chi connectivity index (χ1n) is 7.65. The van der Waals surface area contributed by atoms with Gasteiger partial charge in [-0.25, -0.2) is 0 Å². The molecule has 0 spiro atoms. The Hall–Kier alpha value is -0.900. The normalized spacial score (nSPS) is 21.6. The van der Waals surface area contributed by atoms with E-state index in [0.717, 1.165) is 19.0 Å². The maximum atomic E-state index is 6.38. The third-order valence-corrected chi connectivity index (χ3v) is 4.24. The van der Waals surface area contributed by atoms with Gasteiger partial charge in [-0.05, 0) is 52.4 Å². The summed E-state index contributed by atoms with van der Waals surface area (Å²) in [7, 11) is 4.40. The van der Waals surface area contributed by atoms with Gasteiger partial charge in [0.05, 0.1) is 0 Å². The highest BCUT2D eigenvalue weighted by molar-refractivity contribution is 5.30. The van der Waals surface area contributed by atoms with Crippen molar-refractivity contribution in [3.63, 3.8) is 0 Å². The van der Waals surface area contributed by atoms with E-state index in [-0.39, 0.29) is 6.04 Å². The minimum absolute atomic E-state index is 0.109. The quantitative estimate of drug-likeness (QED) is 0.894. The van der Waals surface area contributed by atoms with E-state index in [9.17, 15) is 0 Å². The van der Waals surface area contributed by atoms with Gasteiger partial charge in [0.25, 0.3) is 0 Å². The number of likely N-dealkylation sites (N-methyl/N-ethyl adjacent to an activating group) is 1. The molecular formula is C17H29N3. The van der Waals surface area contributed by atoms with Crippen LogP contribution in [0.25, 0.3) is 0 Å². The van der Waals surface area contributed by atoms with Crippen molar-refractivity contribution >= 4 is 0 Å². The maximum absolute atomic E-state index is 6.38. The van der Waals surface area contributed by atoms with Crippen molar-refractivity contribution in [3.8, 4) is 0 Å². The van der Waals surface area contributed by atoms with Crippen LogP contribution in [0, 0.1) is 19.8 Å². The molecule has 1 aliphatic rings. The Morgan fingerprint density at radius 1 is 1.30 bits per heavy atom. The number of benzene rings is 1. The first-order valence-corrected chi connectivity index (χ1v) is 7.65. The van der Waals surface area contributed by atoms with E-state index in [0.29, 0.717) is 0 Å². The van der Waals surface area contributed by atoms with Gasteiger partial charge in [0, 0.05) is 25.7 Å². The van der Waals surface area contributed by atoms with E-state index >= 15 is 0 Å². The van der Waals surface area contributed by atoms with Gasteiger partial charge in [-0.2, -0.15) is 0 Å². The number of nitrogens with zero attached hydrogens (tertiary/aromatic N) is 2. The Kier molecular flexibility index (Phi) is 5.19. The smallest absolute Gasteiger partial charge is 0.0424 e. The summed E-state index contributed by atoms with van der Waals surface area (Å²) in [4.78, 5) is 4.81. The number of aryl methyl sites for hydroxylation is 2. The molecule has 0 radical (unpaired) electrons. The zero-order valence-electron chi connectivity index (χ0n) is 13.4. The molecule has 1 heterocycles. The van der Waals surface area contributed by atoms with E-state index in [1.54, 1.807) is 0 Å². The van der Waals surface area contributed by atoms with Gasteiger partial charge < -0.3 is 15.5 Å². The number of hydrogen-bond donors (Lipinski definition) is 1. The summed E-state index contributed by atoms with van der Waals surface area (Å²) in [5.74, 6) is 0.802. The summed E-state index contributed by atoms with van der Waals surface area (Å²) in [6.45, 7) is 8.83. The second kappa shape index (κ2) is 6.70. The molecule has 1 saturated heterocycles. The molecule has 0 amide bonds. The van der Waals surface area contributed by atoms with Crippen LogP contribution < -0.4 is 5.73 Å². The maximum Gasteiger partial charge on any atom is 0.0424 e. The topological polar surface area (TPSA) is 32.5 Å². The summed E-state index contributed by atoms with van der Waals surface area (Å²) in [5.41, 5.74) is 10.2. The lowest BCUT2D eigenvalue weighted by Gasteiger charge is -2.24. The van der Waals surface area contributed by atoms with Crippen molar-refractivity contribution in [2.75, 3.05) is 40.3 Å². The molecule has 112 valence electrons. The van der Waals surface area contributed by atoms with E-state index < -0.39 is 0 Å². The molecule has 1 fully saturated rings. The van der Waals surface area contributed by atoms with E-state index in [1.165, 1.54) is 36.2 Å². The van der Waals surface area contributed by atoms with Gasteiger partial charge in [0.15, 0.2) is 0 Å². The molecule has 0 bridgehead atoms. The molecule has 2 unspecified atom stereocenters. The van der Waals surface area contributed by atoms with Crippen molar-refractivity contribution in [1.29, 1.82) is 0 Å². The van der Waals surface area contributed by atoms with Crippen molar-refractivity contribution in [3.05, 3.63) is 34.9 Å². The van der Waals surface area contributed by atoms with Crippen LogP contribution in [0.2, 0.25) is 0 Å². The fraction of sp³-hybridized carbons (Fsp3) is 0.647. The number of rotatable bonds is 5. The second-order valence-corrected chi connectivity index (χ2v) is 6.67. The Morgan fingerprint density at radius 2 is 1.95 bits per heavy atom. The van der Waals surface area contributed by atoms with E-state index in [4.69, 9.17) is 5.73 Å². The number of hydrogen-bond acceptors (Lipinski definition) is 3. The molecule has 2 N–H and O–H groups in total. The lowest BCUT2D eigenvalue weighted by atomic mass is 10.0. The van der Waals surface area contributed by atoms with Crippen LogP contribution in [0.15, 0.2) is 18.2 Å². The second-order valence-electron chi connectivity index (χ2n) is 6.67. The summed E-state index contributed by atoms with van der Waals surface area (Å²) < 4.78 is 0. The lowest BCUT2D eigenvalue weighted by Crippen LogP contribution is -2.33. The molecule has 20 heavy (non-hydrogen) atoms. The van der Waals surface area contributed by atoms with Gasteiger partial charge in [-0.15, -0.1) is 0 Å². The van der Waals surface area contributed by atoms with E-state index in [1.807, 2.05) is 0 Å². The molecule has 1 aromatic carbocycles. The third kappa shape index (κ3) is 4.30. The fourth-order valence-electron chi connectivity index (χ4n) is 3.36. The zero-order valence-corrected chi connectivity index (χ0v) is 13.4. The predicted octanol–water partition coefficient (Wildman–Crippen LogP) is 2.19. The highest BCUT2D eigenvalue weighted by Gasteiger charge is 2.21. The number of likely N-dealkylation sites (tertiary alicyclic amines) is 1. The predicted molar refractivity (Wildman–Crippen MR) is 85.9 cm³/mol. The Balaban J connectivity index is 1.88. The zero-order chi connectivity index (χ0) is 14.7. The van der Waals surface area contributed by atoms with Crippen molar-refractivity contribution < 1.29 is 0 Å². The molecule has 1 aromatic rings. The first kappa shape index (κ1) is 15.5. The van der Waals surface area contributed by atoms with E-state index in [2.05, 4.69) is 55.9 Å². The molecule has 1 aliphatic heterocycles. The molecule has 2 rings (SSSR count). The van der Waals surface area contributed by atoms with Gasteiger partial charge in [0.1, 0.15) is 0 Å². The SMILES string of the molecule is Cc1cc(C)cc(C(N)CN(C)CC2CCN(C)C2)c1. The monoisotopic (exact) mass is 275 g/mol. The first-order chi connectivity index (χ1) is 9.44. The number of nitrogens with two attached hydrogens (primary N) is 1. The van der Waals surface area contributed by atoms with Crippen molar-refractivity contribution in [1.82, 2.24) is 9.80 Å². The third-order valence-electron chi connectivity index (χ3n) is 4.24. The average molecular weight is 275 g/mol. The Labute approximate surface area is 123 Å². The molecule has 0 aromatic heterocycles. The van der Waals surface area contributed by atoms with Gasteiger partial charge >= 0.3 is 0 Å². The Bertz CT molecular complexity index is 424. The van der Waals surface area contributed by atoms with Crippen LogP contribution in [0.3, 0.4) is 0 Å². The summed E-state index contributed by atoms with van der Waals surface area (Å²) >= 11 is 0. The van der Waals surface area contributed by atoms with Gasteiger partial charge in [-0.3, -0.25) is 0 Å². The minimum atomic E-state index is 0.109. The minimum Gasteiger partial charge on any atom is -0.323 e. The van der Waals surface area contributed by atoms with Crippen molar-refractivity contribution in [2.45, 2.75) is 26.3 Å². The summed E-state index contributed by atoms with van der Waals surface area (Å²) in [6.07, 6.45) is 1.32. The standard InChI is InChI=1S/C17H29N3/c1-13-7-14(2)9-16(8-13)17(18)12-20(4)11-15-5-6-19(3)10-15/h7-9,15,17H,5-6,10-12,18H2,1-4H3. The largest absolute Gasteiger partial charge is 0.323 e.